The average Bonchev–Trinajstić information content (AvgIpc) is 2.54. The molecule has 0 unspecified atom stereocenters. The molecule has 0 radical (unpaired) electrons. The quantitative estimate of drug-likeness (QED) is 0.852. The van der Waals surface area contributed by atoms with Crippen LogP contribution in [0.15, 0.2) is 60.7 Å². The molecule has 2 amide bonds. The highest BCUT2D eigenvalue weighted by atomic mass is 16.6. The summed E-state index contributed by atoms with van der Waals surface area (Å²) in [5.74, 6) is 0.386. The van der Waals surface area contributed by atoms with Crippen LogP contribution in [-0.2, 0) is 11.3 Å². The number of benzene rings is 2. The molecule has 1 N–H and O–H groups in total. The van der Waals surface area contributed by atoms with Gasteiger partial charge in [0.25, 0.3) is 0 Å². The zero-order valence-electron chi connectivity index (χ0n) is 14.6. The molecule has 0 aliphatic carbocycles. The van der Waals surface area contributed by atoms with E-state index in [-0.39, 0.29) is 6.54 Å². The van der Waals surface area contributed by atoms with Crippen LogP contribution in [0.4, 0.5) is 9.59 Å². The maximum atomic E-state index is 12.5. The third-order valence-corrected chi connectivity index (χ3v) is 2.98. The molecule has 0 saturated heterocycles. The summed E-state index contributed by atoms with van der Waals surface area (Å²) in [6.45, 7) is 5.38. The van der Waals surface area contributed by atoms with E-state index in [0.717, 1.165) is 10.6 Å². The molecule has 0 aliphatic rings. The second-order valence-corrected chi connectivity index (χ2v) is 6.37. The van der Waals surface area contributed by atoms with Gasteiger partial charge in [0, 0.05) is 0 Å². The Morgan fingerprint density at radius 1 is 0.960 bits per heavy atom. The lowest BCUT2D eigenvalue weighted by atomic mass is 10.2. The minimum atomic E-state index is -0.728. The third-order valence-electron chi connectivity index (χ3n) is 2.98. The lowest BCUT2D eigenvalue weighted by molar-refractivity contribution is 0.0329. The maximum absolute atomic E-state index is 12.5. The van der Waals surface area contributed by atoms with Crippen molar-refractivity contribution in [2.75, 3.05) is 0 Å². The Kier molecular flexibility index (Phi) is 6.00. The molecule has 2 aromatic rings. The number of ether oxygens (including phenoxy) is 2. The van der Waals surface area contributed by atoms with E-state index in [1.807, 2.05) is 36.4 Å². The van der Waals surface area contributed by atoms with Gasteiger partial charge in [-0.05, 0) is 38.5 Å². The van der Waals surface area contributed by atoms with E-state index in [4.69, 9.17) is 9.47 Å². The number of nitrogens with one attached hydrogen (secondary N) is 1. The number of carbonyl (C=O) groups is 2. The van der Waals surface area contributed by atoms with Crippen LogP contribution in [-0.4, -0.2) is 22.8 Å². The highest BCUT2D eigenvalue weighted by Crippen LogP contribution is 2.12. The van der Waals surface area contributed by atoms with Crippen LogP contribution >= 0.6 is 0 Å². The van der Waals surface area contributed by atoms with E-state index < -0.39 is 17.8 Å². The molecule has 6 heteroatoms. The topological polar surface area (TPSA) is 67.9 Å². The maximum Gasteiger partial charge on any atom is 0.434 e. The summed E-state index contributed by atoms with van der Waals surface area (Å²) in [4.78, 5) is 24.5. The number of amides is 2. The van der Waals surface area contributed by atoms with Crippen LogP contribution in [0.3, 0.4) is 0 Å². The molecule has 0 bridgehead atoms. The minimum absolute atomic E-state index is 0.145. The van der Waals surface area contributed by atoms with Crippen LogP contribution in [0.5, 0.6) is 5.75 Å². The van der Waals surface area contributed by atoms with Gasteiger partial charge in [-0.1, -0.05) is 48.5 Å². The number of hydrogen-bond donors (Lipinski definition) is 1. The molecular formula is C19H22N2O4. The zero-order chi connectivity index (χ0) is 18.3. The second kappa shape index (κ2) is 8.19. The molecule has 2 aromatic carbocycles. The van der Waals surface area contributed by atoms with Crippen LogP contribution < -0.4 is 10.2 Å². The molecular weight excluding hydrogens is 320 g/mol. The normalized spacial score (nSPS) is 10.7. The van der Waals surface area contributed by atoms with Crippen LogP contribution in [0.2, 0.25) is 0 Å². The highest BCUT2D eigenvalue weighted by molar-refractivity contribution is 5.75. The SMILES string of the molecule is CC(C)(C)OC(=O)NN(Cc1ccccc1)C(=O)Oc1ccccc1. The van der Waals surface area contributed by atoms with E-state index >= 15 is 0 Å². The summed E-state index contributed by atoms with van der Waals surface area (Å²) in [5, 5.41) is 1.08. The summed E-state index contributed by atoms with van der Waals surface area (Å²) in [6, 6.07) is 17.9. The number of hydrazine groups is 1. The van der Waals surface area contributed by atoms with E-state index in [9.17, 15) is 9.59 Å². The summed E-state index contributed by atoms with van der Waals surface area (Å²) < 4.78 is 10.5. The van der Waals surface area contributed by atoms with Gasteiger partial charge in [0.2, 0.25) is 0 Å². The largest absolute Gasteiger partial charge is 0.443 e. The number of carbonyl (C=O) groups excluding carboxylic acids is 2. The van der Waals surface area contributed by atoms with Crippen molar-refractivity contribution in [1.82, 2.24) is 10.4 Å². The van der Waals surface area contributed by atoms with Crippen molar-refractivity contribution in [2.24, 2.45) is 0 Å². The molecule has 132 valence electrons. The van der Waals surface area contributed by atoms with Gasteiger partial charge >= 0.3 is 12.2 Å². The van der Waals surface area contributed by atoms with Gasteiger partial charge in [0.15, 0.2) is 0 Å². The van der Waals surface area contributed by atoms with E-state index in [1.54, 1.807) is 45.0 Å². The van der Waals surface area contributed by atoms with Crippen LogP contribution in [0.25, 0.3) is 0 Å². The fourth-order valence-corrected chi connectivity index (χ4v) is 1.97. The number of rotatable bonds is 3. The monoisotopic (exact) mass is 342 g/mol. The minimum Gasteiger partial charge on any atom is -0.443 e. The Morgan fingerprint density at radius 2 is 1.52 bits per heavy atom. The fourth-order valence-electron chi connectivity index (χ4n) is 1.97. The number of para-hydroxylation sites is 1. The molecule has 6 nitrogen and oxygen atoms in total. The first-order valence-corrected chi connectivity index (χ1v) is 7.91. The lowest BCUT2D eigenvalue weighted by Crippen LogP contribution is -2.48. The van der Waals surface area contributed by atoms with Crippen molar-refractivity contribution >= 4 is 12.2 Å². The first-order valence-electron chi connectivity index (χ1n) is 7.91. The Balaban J connectivity index is 2.10. The van der Waals surface area contributed by atoms with Gasteiger partial charge in [-0.25, -0.2) is 20.0 Å². The third kappa shape index (κ3) is 6.55. The predicted molar refractivity (Wildman–Crippen MR) is 93.8 cm³/mol. The van der Waals surface area contributed by atoms with Gasteiger partial charge in [-0.2, -0.15) is 0 Å². The number of nitrogens with zero attached hydrogens (tertiary/aromatic N) is 1. The van der Waals surface area contributed by atoms with Gasteiger partial charge in [0.1, 0.15) is 11.4 Å². The highest BCUT2D eigenvalue weighted by Gasteiger charge is 2.23. The smallest absolute Gasteiger partial charge is 0.434 e. The standard InChI is InChI=1S/C19H22N2O4/c1-19(2,3)25-17(22)20-21(14-15-10-6-4-7-11-15)18(23)24-16-12-8-5-9-13-16/h4-13H,14H2,1-3H3,(H,20,22). The van der Waals surface area contributed by atoms with Crippen LogP contribution in [0, 0.1) is 0 Å². The zero-order valence-corrected chi connectivity index (χ0v) is 14.6. The molecule has 2 rings (SSSR count). The Hall–Kier alpha value is -3.02. The average molecular weight is 342 g/mol. The van der Waals surface area contributed by atoms with Crippen molar-refractivity contribution in [1.29, 1.82) is 0 Å². The Morgan fingerprint density at radius 3 is 2.08 bits per heavy atom. The van der Waals surface area contributed by atoms with Crippen LogP contribution in [0.1, 0.15) is 26.3 Å². The van der Waals surface area contributed by atoms with Crippen molar-refractivity contribution in [3.05, 3.63) is 66.2 Å². The van der Waals surface area contributed by atoms with Gasteiger partial charge in [0.05, 0.1) is 6.54 Å². The molecule has 0 aromatic heterocycles. The predicted octanol–water partition coefficient (Wildman–Crippen LogP) is 4.13. The van der Waals surface area contributed by atoms with Crippen molar-refractivity contribution < 1.29 is 19.1 Å². The Labute approximate surface area is 147 Å². The molecule has 0 fully saturated rings. The second-order valence-electron chi connectivity index (χ2n) is 6.37. The summed E-state index contributed by atoms with van der Waals surface area (Å²) in [7, 11) is 0. The van der Waals surface area contributed by atoms with E-state index in [1.165, 1.54) is 0 Å². The molecule has 0 atom stereocenters. The Bertz CT molecular complexity index is 696. The fraction of sp³-hybridized carbons (Fsp3) is 0.263. The first-order chi connectivity index (χ1) is 11.8. The van der Waals surface area contributed by atoms with Gasteiger partial charge in [-0.15, -0.1) is 0 Å². The molecule has 0 heterocycles. The molecule has 0 aliphatic heterocycles. The summed E-state index contributed by atoms with van der Waals surface area (Å²) in [6.07, 6.45) is -1.44. The first kappa shape index (κ1) is 18.3. The van der Waals surface area contributed by atoms with Crippen molar-refractivity contribution in [3.63, 3.8) is 0 Å². The lowest BCUT2D eigenvalue weighted by Gasteiger charge is -2.25. The summed E-state index contributed by atoms with van der Waals surface area (Å²) >= 11 is 0. The molecule has 0 spiro atoms. The van der Waals surface area contributed by atoms with Crippen molar-refractivity contribution in [2.45, 2.75) is 32.9 Å². The molecule has 25 heavy (non-hydrogen) atoms. The number of hydrogen-bond acceptors (Lipinski definition) is 4. The van der Waals surface area contributed by atoms with Crippen molar-refractivity contribution in [3.8, 4) is 5.75 Å². The summed E-state index contributed by atoms with van der Waals surface area (Å²) in [5.41, 5.74) is 2.60. The van der Waals surface area contributed by atoms with Gasteiger partial charge in [-0.3, -0.25) is 0 Å². The molecule has 0 saturated carbocycles. The van der Waals surface area contributed by atoms with Gasteiger partial charge < -0.3 is 9.47 Å². The van der Waals surface area contributed by atoms with E-state index in [0.29, 0.717) is 5.75 Å². The van der Waals surface area contributed by atoms with E-state index in [2.05, 4.69) is 5.43 Å².